The molecule has 0 atom stereocenters. The first-order valence-corrected chi connectivity index (χ1v) is 17.6. The van der Waals surface area contributed by atoms with Gasteiger partial charge in [0, 0.05) is 40.8 Å². The molecule has 0 saturated carbocycles. The Morgan fingerprint density at radius 1 is 0.833 bits per heavy atom. The zero-order valence-corrected chi connectivity index (χ0v) is 26.7. The summed E-state index contributed by atoms with van der Waals surface area (Å²) in [6.45, 7) is 1.20. The van der Waals surface area contributed by atoms with Crippen LogP contribution in [0.3, 0.4) is 0 Å². The van der Waals surface area contributed by atoms with Crippen LogP contribution < -0.4 is 15.8 Å². The molecule has 0 bridgehead atoms. The van der Waals surface area contributed by atoms with Crippen molar-refractivity contribution in [2.24, 2.45) is 5.10 Å². The molecule has 0 spiro atoms. The van der Waals surface area contributed by atoms with E-state index in [1.165, 1.54) is 0 Å². The Labute approximate surface area is 259 Å². The molecule has 2 aliphatic heterocycles. The van der Waals surface area contributed by atoms with Gasteiger partial charge in [0.25, 0.3) is 0 Å². The molecule has 2 aromatic carbocycles. The van der Waals surface area contributed by atoms with Gasteiger partial charge in [0.15, 0.2) is 0 Å². The lowest BCUT2D eigenvalue weighted by molar-refractivity contribution is 0.404. The molecule has 0 aromatic heterocycles. The Morgan fingerprint density at radius 2 is 1.29 bits per heavy atom. The van der Waals surface area contributed by atoms with Crippen molar-refractivity contribution >= 4 is 49.4 Å². The number of hydrazone groups is 1. The first-order chi connectivity index (χ1) is 20.8. The monoisotopic (exact) mass is 643 g/mol. The molecule has 42 heavy (non-hydrogen) atoms. The number of nitrogens with zero attached hydrogens (tertiary/aromatic N) is 4. The fraction of sp³-hybridized carbons (Fsp3) is 0.536. The van der Waals surface area contributed by atoms with E-state index in [4.69, 9.17) is 14.5 Å². The van der Waals surface area contributed by atoms with Crippen LogP contribution in [0.1, 0.15) is 52.4 Å². The Kier molecular flexibility index (Phi) is 12.7. The standard InChI is InChI=1S/C17H28N4O2S.C11H16ClN3O2S/c1-20(2)12-4-3-11-18-19-17-9-7-16(8-10-17)15-24(22,23)21-13-5-6-14-21;12-14-13-11-5-3-10(4-6-11)9-18(16,17)15-7-1-2-8-15/h7-11,19H,3-6,12-15H2,1-2H3;3-6,13-14H,1-2,7-9H2/b18-11+;/i12D2;. The lowest BCUT2D eigenvalue weighted by Gasteiger charge is -2.15. The number of nitrogens with one attached hydrogen (secondary N) is 3. The van der Waals surface area contributed by atoms with Gasteiger partial charge in [-0.15, -0.1) is 4.94 Å². The molecule has 0 unspecified atom stereocenters. The Hall–Kier alpha value is -2.26. The van der Waals surface area contributed by atoms with Crippen LogP contribution in [0.2, 0.25) is 0 Å². The van der Waals surface area contributed by atoms with Crippen molar-refractivity contribution in [3.8, 4) is 0 Å². The molecule has 0 amide bonds. The summed E-state index contributed by atoms with van der Waals surface area (Å²) in [7, 11) is -2.98. The molecule has 2 aliphatic rings. The minimum Gasteiger partial charge on any atom is -0.309 e. The lowest BCUT2D eigenvalue weighted by Crippen LogP contribution is -2.29. The smallest absolute Gasteiger partial charge is 0.218 e. The fourth-order valence-corrected chi connectivity index (χ4v) is 7.82. The van der Waals surface area contributed by atoms with Gasteiger partial charge in [0.2, 0.25) is 20.0 Å². The van der Waals surface area contributed by atoms with Crippen molar-refractivity contribution < 1.29 is 19.6 Å². The molecule has 2 saturated heterocycles. The van der Waals surface area contributed by atoms with Crippen molar-refractivity contribution in [3.63, 3.8) is 0 Å². The van der Waals surface area contributed by atoms with Gasteiger partial charge in [-0.3, -0.25) is 5.43 Å². The normalized spacial score (nSPS) is 17.6. The Bertz CT molecular complexity index is 1400. The van der Waals surface area contributed by atoms with E-state index in [1.807, 2.05) is 0 Å². The third-order valence-corrected chi connectivity index (χ3v) is 10.5. The summed E-state index contributed by atoms with van der Waals surface area (Å²) in [5.74, 6) is 0.0811. The largest absolute Gasteiger partial charge is 0.309 e. The summed E-state index contributed by atoms with van der Waals surface area (Å²) in [5.41, 5.74) is 8.67. The van der Waals surface area contributed by atoms with Crippen LogP contribution in [0, 0.1) is 0 Å². The zero-order valence-electron chi connectivity index (χ0n) is 26.3. The second-order valence-corrected chi connectivity index (χ2v) is 14.5. The maximum Gasteiger partial charge on any atom is 0.218 e. The molecular formula is C28H44ClN7O4S2. The number of benzene rings is 2. The molecular weight excluding hydrogens is 598 g/mol. The van der Waals surface area contributed by atoms with Crippen LogP contribution in [0.4, 0.5) is 11.4 Å². The SMILES string of the molecule is O=S(=O)(Cc1ccc(NNCl)cc1)N1CCCC1.[2H]C([2H])(CC/C=N/Nc1ccc(CS(=O)(=O)N2CCCC2)cc1)N(C)C. The lowest BCUT2D eigenvalue weighted by atomic mass is 10.2. The Morgan fingerprint density at radius 3 is 1.71 bits per heavy atom. The molecule has 3 N–H and O–H groups in total. The highest BCUT2D eigenvalue weighted by atomic mass is 35.5. The van der Waals surface area contributed by atoms with Crippen molar-refractivity contribution in [2.75, 3.05) is 57.6 Å². The van der Waals surface area contributed by atoms with Gasteiger partial charge in [-0.1, -0.05) is 24.3 Å². The quantitative estimate of drug-likeness (QED) is 0.160. The maximum absolute atomic E-state index is 12.3. The van der Waals surface area contributed by atoms with Crippen LogP contribution in [-0.2, 0) is 31.6 Å². The highest BCUT2D eigenvalue weighted by molar-refractivity contribution is 7.88. The predicted molar refractivity (Wildman–Crippen MR) is 172 cm³/mol. The van der Waals surface area contributed by atoms with E-state index in [1.54, 1.807) is 82.4 Å². The molecule has 11 nitrogen and oxygen atoms in total. The molecule has 2 heterocycles. The van der Waals surface area contributed by atoms with Gasteiger partial charge in [0.1, 0.15) is 0 Å². The average molecular weight is 644 g/mol. The summed E-state index contributed by atoms with van der Waals surface area (Å²) in [5, 5.41) is 4.08. The van der Waals surface area contributed by atoms with E-state index < -0.39 is 26.5 Å². The minimum absolute atomic E-state index is 0.0240. The van der Waals surface area contributed by atoms with Crippen LogP contribution in [-0.4, -0.2) is 83.3 Å². The van der Waals surface area contributed by atoms with Crippen LogP contribution in [0.15, 0.2) is 53.6 Å². The summed E-state index contributed by atoms with van der Waals surface area (Å²) >= 11 is 5.30. The zero-order chi connectivity index (χ0) is 32.2. The maximum atomic E-state index is 12.3. The number of hydrogen-bond donors (Lipinski definition) is 3. The number of hydrogen-bond acceptors (Lipinski definition) is 9. The number of anilines is 2. The molecule has 2 aromatic rings. The summed E-state index contributed by atoms with van der Waals surface area (Å²) in [6.07, 6.45) is 6.33. The van der Waals surface area contributed by atoms with Crippen LogP contribution in [0.5, 0.6) is 0 Å². The van der Waals surface area contributed by atoms with Crippen molar-refractivity contribution in [1.29, 1.82) is 0 Å². The highest BCUT2D eigenvalue weighted by Crippen LogP contribution is 2.19. The minimum atomic E-state index is -3.23. The predicted octanol–water partition coefficient (Wildman–Crippen LogP) is 4.03. The first kappa shape index (κ1) is 31.2. The average Bonchev–Trinajstić information content (AvgIpc) is 3.71. The molecule has 2 fully saturated rings. The van der Waals surface area contributed by atoms with Gasteiger partial charge in [-0.2, -0.15) is 5.10 Å². The molecule has 234 valence electrons. The fourth-order valence-electron chi connectivity index (χ4n) is 4.49. The van der Waals surface area contributed by atoms with Gasteiger partial charge < -0.3 is 10.3 Å². The first-order valence-electron chi connectivity index (χ1n) is 15.0. The summed E-state index contributed by atoms with van der Waals surface area (Å²) in [4.78, 5) is 3.84. The topological polar surface area (TPSA) is 126 Å². The highest BCUT2D eigenvalue weighted by Gasteiger charge is 2.26. The van der Waals surface area contributed by atoms with E-state index in [0.717, 1.165) is 48.2 Å². The number of sulfonamides is 2. The second-order valence-electron chi connectivity index (χ2n) is 10.4. The molecule has 4 rings (SSSR count). The van der Waals surface area contributed by atoms with E-state index >= 15 is 0 Å². The van der Waals surface area contributed by atoms with Gasteiger partial charge in [-0.05, 0) is 106 Å². The number of halogens is 1. The van der Waals surface area contributed by atoms with Crippen LogP contribution >= 0.6 is 11.8 Å². The number of rotatable bonds is 14. The summed E-state index contributed by atoms with van der Waals surface area (Å²) < 4.78 is 67.5. The van der Waals surface area contributed by atoms with Crippen molar-refractivity contribution in [2.45, 2.75) is 50.0 Å². The second kappa shape index (κ2) is 17.1. The summed E-state index contributed by atoms with van der Waals surface area (Å²) in [6, 6.07) is 14.3. The number of hydrazine groups is 1. The van der Waals surface area contributed by atoms with Gasteiger partial charge in [0.05, 0.1) is 17.2 Å². The molecule has 0 radical (unpaired) electrons. The van der Waals surface area contributed by atoms with Gasteiger partial charge >= 0.3 is 0 Å². The Balaban J connectivity index is 0.000000257. The third kappa shape index (κ3) is 11.8. The third-order valence-electron chi connectivity index (χ3n) is 6.70. The molecule has 14 heteroatoms. The van der Waals surface area contributed by atoms with E-state index in [2.05, 4.69) is 20.9 Å². The van der Waals surface area contributed by atoms with Crippen molar-refractivity contribution in [3.05, 3.63) is 59.7 Å². The van der Waals surface area contributed by atoms with Crippen LogP contribution in [0.25, 0.3) is 0 Å². The van der Waals surface area contributed by atoms with E-state index in [9.17, 15) is 16.8 Å². The van der Waals surface area contributed by atoms with E-state index in [-0.39, 0.29) is 11.5 Å². The van der Waals surface area contributed by atoms with Crippen molar-refractivity contribution in [1.82, 2.24) is 18.5 Å². The molecule has 0 aliphatic carbocycles. The van der Waals surface area contributed by atoms with E-state index in [0.29, 0.717) is 39.0 Å². The van der Waals surface area contributed by atoms with Gasteiger partial charge in [-0.25, -0.2) is 25.4 Å².